The number of benzene rings is 1. The normalized spacial score (nSPS) is 12.1. The fourth-order valence-electron chi connectivity index (χ4n) is 1.91. The van der Waals surface area contributed by atoms with E-state index < -0.39 is 18.0 Å². The summed E-state index contributed by atoms with van der Waals surface area (Å²) in [7, 11) is 0. The van der Waals surface area contributed by atoms with Gasteiger partial charge in [0.05, 0.1) is 27.0 Å². The first-order chi connectivity index (χ1) is 11.0. The highest BCUT2D eigenvalue weighted by Crippen LogP contribution is 2.20. The van der Waals surface area contributed by atoms with Crippen LogP contribution in [0, 0.1) is 6.92 Å². The number of carbonyl (C=O) groups is 2. The minimum absolute atomic E-state index is 0.210. The number of ether oxygens (including phenoxy) is 1. The zero-order valence-corrected chi connectivity index (χ0v) is 13.2. The first-order valence-corrected chi connectivity index (χ1v) is 7.69. The lowest BCUT2D eigenvalue weighted by atomic mass is 10.2. The maximum atomic E-state index is 12.1. The molecule has 2 aromatic heterocycles. The van der Waals surface area contributed by atoms with E-state index in [2.05, 4.69) is 15.5 Å². The molecule has 0 aliphatic rings. The van der Waals surface area contributed by atoms with Crippen molar-refractivity contribution in [2.45, 2.75) is 20.0 Å². The fourth-order valence-corrected chi connectivity index (χ4v) is 2.63. The van der Waals surface area contributed by atoms with E-state index in [0.717, 1.165) is 10.2 Å². The molecule has 1 aromatic carbocycles. The van der Waals surface area contributed by atoms with Gasteiger partial charge in [0.25, 0.3) is 5.91 Å². The van der Waals surface area contributed by atoms with Crippen molar-refractivity contribution < 1.29 is 18.8 Å². The van der Waals surface area contributed by atoms with E-state index in [0.29, 0.717) is 11.3 Å². The Morgan fingerprint density at radius 3 is 2.91 bits per heavy atom. The van der Waals surface area contributed by atoms with Gasteiger partial charge in [-0.3, -0.25) is 10.1 Å². The Hall–Kier alpha value is -2.74. The molecule has 0 saturated carbocycles. The van der Waals surface area contributed by atoms with Gasteiger partial charge in [0, 0.05) is 6.07 Å². The number of nitrogens with one attached hydrogen (secondary N) is 1. The molecule has 1 amide bonds. The van der Waals surface area contributed by atoms with Crippen LogP contribution in [0.5, 0.6) is 0 Å². The molecule has 7 nitrogen and oxygen atoms in total. The summed E-state index contributed by atoms with van der Waals surface area (Å²) in [6, 6.07) is 6.63. The highest BCUT2D eigenvalue weighted by Gasteiger charge is 2.20. The van der Waals surface area contributed by atoms with E-state index in [1.807, 2.05) is 0 Å². The standard InChI is InChI=1S/C15H13N3O4S/c1-8-5-13(22-18-8)17-14(19)9(2)21-15(20)10-3-4-11-12(6-10)23-7-16-11/h3-7,9H,1-2H3,(H,17,19)/t9-/m1/s1. The number of nitrogens with zero attached hydrogens (tertiary/aromatic N) is 2. The van der Waals surface area contributed by atoms with Gasteiger partial charge in [0.2, 0.25) is 5.88 Å². The number of thiazole rings is 1. The molecule has 2 heterocycles. The van der Waals surface area contributed by atoms with Crippen LogP contribution in [-0.2, 0) is 9.53 Å². The molecule has 8 heteroatoms. The predicted molar refractivity (Wildman–Crippen MR) is 84.4 cm³/mol. The van der Waals surface area contributed by atoms with Gasteiger partial charge in [-0.15, -0.1) is 11.3 Å². The zero-order valence-electron chi connectivity index (χ0n) is 12.4. The zero-order chi connectivity index (χ0) is 16.4. The van der Waals surface area contributed by atoms with E-state index in [4.69, 9.17) is 9.26 Å². The van der Waals surface area contributed by atoms with Crippen LogP contribution in [0.3, 0.4) is 0 Å². The van der Waals surface area contributed by atoms with Gasteiger partial charge in [-0.1, -0.05) is 5.16 Å². The molecule has 1 atom stereocenters. The molecular formula is C15H13N3O4S. The summed E-state index contributed by atoms with van der Waals surface area (Å²) in [4.78, 5) is 28.2. The lowest BCUT2D eigenvalue weighted by Crippen LogP contribution is -2.29. The highest BCUT2D eigenvalue weighted by atomic mass is 32.1. The fraction of sp³-hybridized carbons (Fsp3) is 0.200. The highest BCUT2D eigenvalue weighted by molar-refractivity contribution is 7.16. The molecule has 0 aliphatic heterocycles. The van der Waals surface area contributed by atoms with Crippen molar-refractivity contribution in [1.29, 1.82) is 0 Å². The molecule has 0 radical (unpaired) electrons. The SMILES string of the molecule is Cc1cc(NC(=O)[C@@H](C)OC(=O)c2ccc3ncsc3c2)on1. The van der Waals surface area contributed by atoms with Crippen LogP contribution >= 0.6 is 11.3 Å². The lowest BCUT2D eigenvalue weighted by Gasteiger charge is -2.12. The summed E-state index contributed by atoms with van der Waals surface area (Å²) in [5, 5.41) is 6.15. The molecule has 1 N–H and O–H groups in total. The minimum atomic E-state index is -0.968. The number of amides is 1. The number of anilines is 1. The quantitative estimate of drug-likeness (QED) is 0.739. The average molecular weight is 331 g/mol. The van der Waals surface area contributed by atoms with E-state index >= 15 is 0 Å². The molecule has 23 heavy (non-hydrogen) atoms. The Labute approximate surface area is 135 Å². The molecule has 0 aliphatic carbocycles. The second-order valence-corrected chi connectivity index (χ2v) is 5.79. The molecule has 0 saturated heterocycles. The first kappa shape index (κ1) is 15.2. The van der Waals surface area contributed by atoms with Gasteiger partial charge in [-0.2, -0.15) is 0 Å². The van der Waals surface area contributed by atoms with Gasteiger partial charge >= 0.3 is 5.97 Å². The minimum Gasteiger partial charge on any atom is -0.449 e. The Morgan fingerprint density at radius 1 is 1.35 bits per heavy atom. The molecule has 0 unspecified atom stereocenters. The number of aromatic nitrogens is 2. The number of hydrogen-bond donors (Lipinski definition) is 1. The molecule has 3 aromatic rings. The first-order valence-electron chi connectivity index (χ1n) is 6.81. The summed E-state index contributed by atoms with van der Waals surface area (Å²) in [5.41, 5.74) is 3.53. The number of fused-ring (bicyclic) bond motifs is 1. The van der Waals surface area contributed by atoms with E-state index in [-0.39, 0.29) is 5.88 Å². The third kappa shape index (κ3) is 3.37. The Bertz CT molecular complexity index is 870. The van der Waals surface area contributed by atoms with E-state index in [1.165, 1.54) is 18.3 Å². The van der Waals surface area contributed by atoms with Crippen molar-refractivity contribution in [2.24, 2.45) is 0 Å². The molecule has 0 fully saturated rings. The molecule has 0 spiro atoms. The monoisotopic (exact) mass is 331 g/mol. The molecule has 0 bridgehead atoms. The van der Waals surface area contributed by atoms with Crippen LogP contribution in [0.4, 0.5) is 5.88 Å². The third-order valence-electron chi connectivity index (χ3n) is 3.09. The van der Waals surface area contributed by atoms with Crippen molar-refractivity contribution in [2.75, 3.05) is 5.32 Å². The average Bonchev–Trinajstić information content (AvgIpc) is 3.14. The summed E-state index contributed by atoms with van der Waals surface area (Å²) >= 11 is 1.43. The van der Waals surface area contributed by atoms with Crippen LogP contribution in [-0.4, -0.2) is 28.1 Å². The number of esters is 1. The molecule has 3 rings (SSSR count). The largest absolute Gasteiger partial charge is 0.449 e. The Balaban J connectivity index is 1.65. The molecular weight excluding hydrogens is 318 g/mol. The summed E-state index contributed by atoms with van der Waals surface area (Å²) in [6.45, 7) is 3.22. The van der Waals surface area contributed by atoms with Crippen LogP contribution in [0.25, 0.3) is 10.2 Å². The summed E-state index contributed by atoms with van der Waals surface area (Å²) in [6.07, 6.45) is -0.968. The smallest absolute Gasteiger partial charge is 0.338 e. The van der Waals surface area contributed by atoms with Crippen LogP contribution in [0.1, 0.15) is 23.0 Å². The Kier molecular flexibility index (Phi) is 4.07. The van der Waals surface area contributed by atoms with Crippen LogP contribution in [0.15, 0.2) is 34.3 Å². The topological polar surface area (TPSA) is 94.3 Å². The van der Waals surface area contributed by atoms with Crippen molar-refractivity contribution in [3.63, 3.8) is 0 Å². The predicted octanol–water partition coefficient (Wildman–Crippen LogP) is 2.78. The van der Waals surface area contributed by atoms with Gasteiger partial charge in [0.1, 0.15) is 0 Å². The lowest BCUT2D eigenvalue weighted by molar-refractivity contribution is -0.123. The summed E-state index contributed by atoms with van der Waals surface area (Å²) in [5.74, 6) is -0.855. The Morgan fingerprint density at radius 2 is 2.17 bits per heavy atom. The maximum absolute atomic E-state index is 12.1. The van der Waals surface area contributed by atoms with Crippen molar-refractivity contribution in [3.8, 4) is 0 Å². The maximum Gasteiger partial charge on any atom is 0.338 e. The van der Waals surface area contributed by atoms with Crippen molar-refractivity contribution >= 4 is 39.3 Å². The van der Waals surface area contributed by atoms with Crippen molar-refractivity contribution in [3.05, 3.63) is 41.0 Å². The number of carbonyl (C=O) groups excluding carboxylic acids is 2. The number of rotatable bonds is 4. The van der Waals surface area contributed by atoms with Gasteiger partial charge in [-0.25, -0.2) is 9.78 Å². The third-order valence-corrected chi connectivity index (χ3v) is 3.89. The number of hydrogen-bond acceptors (Lipinski definition) is 7. The molecule has 118 valence electrons. The van der Waals surface area contributed by atoms with Gasteiger partial charge in [-0.05, 0) is 32.0 Å². The van der Waals surface area contributed by atoms with E-state index in [9.17, 15) is 9.59 Å². The second-order valence-electron chi connectivity index (χ2n) is 4.90. The van der Waals surface area contributed by atoms with Crippen LogP contribution < -0.4 is 5.32 Å². The second kappa shape index (κ2) is 6.17. The summed E-state index contributed by atoms with van der Waals surface area (Å²) < 4.78 is 10.9. The van der Waals surface area contributed by atoms with Crippen LogP contribution in [0.2, 0.25) is 0 Å². The van der Waals surface area contributed by atoms with Crippen molar-refractivity contribution in [1.82, 2.24) is 10.1 Å². The van der Waals surface area contributed by atoms with E-state index in [1.54, 1.807) is 36.7 Å². The number of aryl methyl sites for hydroxylation is 1. The van der Waals surface area contributed by atoms with Gasteiger partial charge < -0.3 is 9.26 Å². The van der Waals surface area contributed by atoms with Gasteiger partial charge in [0.15, 0.2) is 6.10 Å².